The van der Waals surface area contributed by atoms with Crippen molar-refractivity contribution in [2.24, 2.45) is 25.7 Å². The lowest BCUT2D eigenvalue weighted by Crippen LogP contribution is -2.54. The van der Waals surface area contributed by atoms with Gasteiger partial charge in [0.25, 0.3) is 0 Å². The highest BCUT2D eigenvalue weighted by Crippen LogP contribution is 2.12. The monoisotopic (exact) mass is 542 g/mol. The van der Waals surface area contributed by atoms with E-state index in [1.54, 1.807) is 22.7 Å². The lowest BCUT2D eigenvalue weighted by molar-refractivity contribution is 0.400. The Balaban J connectivity index is 1.43. The molecule has 4 unspecified atom stereocenters. The van der Waals surface area contributed by atoms with Crippen molar-refractivity contribution >= 4 is 46.5 Å². The van der Waals surface area contributed by atoms with Crippen molar-refractivity contribution in [3.8, 4) is 0 Å². The number of nitrogens with one attached hydrogen (secondary N) is 4. The van der Waals surface area contributed by atoms with E-state index in [0.29, 0.717) is 24.5 Å². The van der Waals surface area contributed by atoms with E-state index in [1.165, 1.54) is 9.75 Å². The summed E-state index contributed by atoms with van der Waals surface area (Å²) in [6, 6.07) is 8.57. The summed E-state index contributed by atoms with van der Waals surface area (Å²) in [5.74, 6) is 2.50. The Morgan fingerprint density at radius 1 is 0.811 bits per heavy atom. The van der Waals surface area contributed by atoms with Crippen molar-refractivity contribution in [3.05, 3.63) is 44.8 Å². The predicted molar refractivity (Wildman–Crippen MR) is 157 cm³/mol. The SMILES string of the molecule is CC1N=C(N)NC(N(CCc2cccs2)CNC2=NC(C)C(C)N=C(NCCc3cccs3)N2)=NC1C. The van der Waals surface area contributed by atoms with E-state index >= 15 is 0 Å². The van der Waals surface area contributed by atoms with Crippen LogP contribution in [0.2, 0.25) is 0 Å². The Bertz CT molecular complexity index is 1110. The molecule has 0 bridgehead atoms. The van der Waals surface area contributed by atoms with Gasteiger partial charge in [0.05, 0.1) is 30.8 Å². The smallest absolute Gasteiger partial charge is 0.202 e. The maximum atomic E-state index is 6.15. The van der Waals surface area contributed by atoms with Gasteiger partial charge in [-0.2, -0.15) is 0 Å². The molecule has 0 radical (unpaired) electrons. The summed E-state index contributed by atoms with van der Waals surface area (Å²) in [4.78, 5) is 23.9. The highest BCUT2D eigenvalue weighted by molar-refractivity contribution is 7.10. The first-order valence-electron chi connectivity index (χ1n) is 12.8. The summed E-state index contributed by atoms with van der Waals surface area (Å²) in [7, 11) is 0. The van der Waals surface area contributed by atoms with Gasteiger partial charge >= 0.3 is 0 Å². The molecule has 0 aliphatic carbocycles. The molecule has 2 aliphatic heterocycles. The predicted octanol–water partition coefficient (Wildman–Crippen LogP) is 2.18. The number of hydrogen-bond donors (Lipinski definition) is 5. The summed E-state index contributed by atoms with van der Waals surface area (Å²) < 4.78 is 0. The molecule has 2 aliphatic rings. The second kappa shape index (κ2) is 12.9. The first-order chi connectivity index (χ1) is 17.9. The number of nitrogens with two attached hydrogens (primary N) is 1. The summed E-state index contributed by atoms with van der Waals surface area (Å²) in [5.41, 5.74) is 6.15. The molecule has 200 valence electrons. The van der Waals surface area contributed by atoms with Gasteiger partial charge < -0.3 is 21.3 Å². The van der Waals surface area contributed by atoms with Crippen molar-refractivity contribution < 1.29 is 0 Å². The highest BCUT2D eigenvalue weighted by atomic mass is 32.1. The zero-order chi connectivity index (χ0) is 26.2. The van der Waals surface area contributed by atoms with E-state index in [2.05, 4.69) is 87.0 Å². The van der Waals surface area contributed by atoms with Gasteiger partial charge in [-0.3, -0.25) is 10.6 Å². The van der Waals surface area contributed by atoms with Crippen LogP contribution in [0.3, 0.4) is 0 Å². The van der Waals surface area contributed by atoms with Crippen molar-refractivity contribution in [3.63, 3.8) is 0 Å². The molecule has 2 aromatic heterocycles. The van der Waals surface area contributed by atoms with E-state index in [-0.39, 0.29) is 24.2 Å². The summed E-state index contributed by atoms with van der Waals surface area (Å²) >= 11 is 3.53. The van der Waals surface area contributed by atoms with Crippen LogP contribution in [0.5, 0.6) is 0 Å². The topological polar surface area (TPSA) is 127 Å². The lowest BCUT2D eigenvalue weighted by Gasteiger charge is -2.27. The number of thiophene rings is 2. The van der Waals surface area contributed by atoms with Crippen molar-refractivity contribution in [1.82, 2.24) is 26.2 Å². The van der Waals surface area contributed by atoms with E-state index in [9.17, 15) is 0 Å². The first kappa shape index (κ1) is 26.9. The van der Waals surface area contributed by atoms with Crippen LogP contribution in [-0.2, 0) is 12.8 Å². The van der Waals surface area contributed by atoms with Gasteiger partial charge in [0.2, 0.25) is 5.96 Å². The number of rotatable bonds is 8. The van der Waals surface area contributed by atoms with Crippen LogP contribution in [-0.4, -0.2) is 72.7 Å². The molecule has 2 aromatic rings. The Morgan fingerprint density at radius 2 is 1.41 bits per heavy atom. The second-order valence-electron chi connectivity index (χ2n) is 9.32. The van der Waals surface area contributed by atoms with Crippen LogP contribution < -0.4 is 27.0 Å². The third-order valence-corrected chi connectivity index (χ3v) is 8.27. The summed E-state index contributed by atoms with van der Waals surface area (Å²) in [6.45, 7) is 10.3. The molecule has 10 nitrogen and oxygen atoms in total. The molecule has 0 spiro atoms. The Morgan fingerprint density at radius 3 is 2.05 bits per heavy atom. The third-order valence-electron chi connectivity index (χ3n) is 6.40. The maximum Gasteiger partial charge on any atom is 0.202 e. The van der Waals surface area contributed by atoms with Crippen LogP contribution >= 0.6 is 22.7 Å². The molecule has 4 rings (SSSR count). The standard InChI is InChI=1S/C25H38N10S2/c1-16-19(4)32-25(33-22(26)29-16)35(12-10-21-8-6-14-37-21)15-28-24-31-18(3)17(2)30-23(34-24)27-11-9-20-7-5-13-36-20/h5-8,13-14,16-19H,9-12,15H2,1-4H3,(H3,26,29,32,33)(H3,27,28,30,31,34). The fourth-order valence-corrected chi connectivity index (χ4v) is 5.24. The number of hydrogen-bond acceptors (Lipinski definition) is 12. The average molecular weight is 543 g/mol. The van der Waals surface area contributed by atoms with Crippen LogP contribution in [0, 0.1) is 0 Å². The molecule has 0 fully saturated rings. The Kier molecular flexibility index (Phi) is 9.40. The molecular weight excluding hydrogens is 504 g/mol. The quantitative estimate of drug-likeness (QED) is 0.326. The van der Waals surface area contributed by atoms with Crippen molar-refractivity contribution in [2.45, 2.75) is 64.7 Å². The van der Waals surface area contributed by atoms with Crippen molar-refractivity contribution in [2.75, 3.05) is 19.8 Å². The average Bonchev–Trinajstić information content (AvgIpc) is 3.53. The number of nitrogens with zero attached hydrogens (tertiary/aromatic N) is 5. The van der Waals surface area contributed by atoms with E-state index in [4.69, 9.17) is 20.7 Å². The molecule has 4 atom stereocenters. The fraction of sp³-hybridized carbons (Fsp3) is 0.520. The zero-order valence-corrected chi connectivity index (χ0v) is 23.6. The van der Waals surface area contributed by atoms with Gasteiger partial charge in [-0.15, -0.1) is 22.7 Å². The second-order valence-corrected chi connectivity index (χ2v) is 11.4. The summed E-state index contributed by atoms with van der Waals surface area (Å²) in [5, 5.41) is 17.7. The normalized spacial score (nSPS) is 23.8. The Hall–Kier alpha value is -3.12. The minimum Gasteiger partial charge on any atom is -0.370 e. The molecule has 37 heavy (non-hydrogen) atoms. The van der Waals surface area contributed by atoms with Gasteiger partial charge in [0.1, 0.15) is 0 Å². The number of guanidine groups is 4. The molecule has 0 saturated carbocycles. The first-order valence-corrected chi connectivity index (χ1v) is 14.5. The van der Waals surface area contributed by atoms with E-state index in [1.807, 2.05) is 6.92 Å². The molecule has 0 saturated heterocycles. The lowest BCUT2D eigenvalue weighted by atomic mass is 10.2. The minimum atomic E-state index is 0.00589. The fourth-order valence-electron chi connectivity index (χ4n) is 3.84. The molecule has 4 heterocycles. The molecule has 0 amide bonds. The zero-order valence-electron chi connectivity index (χ0n) is 21.9. The Labute approximate surface area is 227 Å². The molecule has 6 N–H and O–H groups in total. The number of aliphatic imine (C=N–C) groups is 4. The van der Waals surface area contributed by atoms with Crippen LogP contribution in [0.1, 0.15) is 37.4 Å². The largest absolute Gasteiger partial charge is 0.370 e. The van der Waals surface area contributed by atoms with Crippen molar-refractivity contribution in [1.29, 1.82) is 0 Å². The molecule has 0 aromatic carbocycles. The third kappa shape index (κ3) is 7.93. The van der Waals surface area contributed by atoms with Gasteiger partial charge in [-0.1, -0.05) is 12.1 Å². The van der Waals surface area contributed by atoms with E-state index in [0.717, 1.165) is 31.9 Å². The summed E-state index contributed by atoms with van der Waals surface area (Å²) in [6.07, 6.45) is 1.84. The van der Waals surface area contributed by atoms with Gasteiger partial charge in [-0.05, 0) is 63.4 Å². The maximum absolute atomic E-state index is 6.15. The van der Waals surface area contributed by atoms with Gasteiger partial charge in [0.15, 0.2) is 17.9 Å². The van der Waals surface area contributed by atoms with Crippen LogP contribution in [0.25, 0.3) is 0 Å². The highest BCUT2D eigenvalue weighted by Gasteiger charge is 2.22. The minimum absolute atomic E-state index is 0.00589. The van der Waals surface area contributed by atoms with Crippen LogP contribution in [0.15, 0.2) is 55.0 Å². The van der Waals surface area contributed by atoms with Crippen LogP contribution in [0.4, 0.5) is 0 Å². The van der Waals surface area contributed by atoms with Gasteiger partial charge in [-0.25, -0.2) is 20.0 Å². The van der Waals surface area contributed by atoms with Gasteiger partial charge in [0, 0.05) is 22.8 Å². The van der Waals surface area contributed by atoms with E-state index < -0.39 is 0 Å². The molecule has 12 heteroatoms. The molecular formula is C25H38N10S2.